The molecule has 0 saturated heterocycles. The van der Waals surface area contributed by atoms with Gasteiger partial charge in [0.15, 0.2) is 0 Å². The summed E-state index contributed by atoms with van der Waals surface area (Å²) in [5.41, 5.74) is 2.47. The molecule has 0 unspecified atom stereocenters. The van der Waals surface area contributed by atoms with Crippen molar-refractivity contribution in [2.45, 2.75) is 45.4 Å². The molecular formula is C20H22FN5O2S. The summed E-state index contributed by atoms with van der Waals surface area (Å²) in [6, 6.07) is 2.49. The second-order valence-corrected chi connectivity index (χ2v) is 10.1. The fourth-order valence-corrected chi connectivity index (χ4v) is 4.03. The summed E-state index contributed by atoms with van der Waals surface area (Å²) in [5.74, 6) is -0.0460. The minimum Gasteiger partial charge on any atom is -0.292 e. The molecule has 1 aliphatic heterocycles. The Morgan fingerprint density at radius 1 is 1.31 bits per heavy atom. The van der Waals surface area contributed by atoms with Crippen LogP contribution in [0.25, 0.3) is 22.3 Å². The molecule has 7 nitrogen and oxygen atoms in total. The summed E-state index contributed by atoms with van der Waals surface area (Å²) in [6.07, 6.45) is 2.45. The average molecular weight is 415 g/mol. The zero-order valence-electron chi connectivity index (χ0n) is 17.0. The highest BCUT2D eigenvalue weighted by Gasteiger charge is 2.25. The van der Waals surface area contributed by atoms with Crippen molar-refractivity contribution in [3.05, 3.63) is 45.8 Å². The molecule has 1 aromatic carbocycles. The molecule has 3 heterocycles. The van der Waals surface area contributed by atoms with Crippen molar-refractivity contribution >= 4 is 27.6 Å². The zero-order chi connectivity index (χ0) is 21.1. The van der Waals surface area contributed by atoms with Gasteiger partial charge in [-0.15, -0.1) is 0 Å². The minimum absolute atomic E-state index is 0.187. The van der Waals surface area contributed by atoms with Crippen molar-refractivity contribution in [2.75, 3.05) is 0 Å². The third-order valence-corrected chi connectivity index (χ3v) is 6.36. The standard InChI is InChI=1S/C20H22FN5O2S/c1-11(24-29(28)20(2,3)4)13-8-12(21)9-14-17(13)22-18-15-10-25(5)23-16(15)6-7-26(18)19(14)27/h8-10H,6-7H2,1-5H3/b24-11+/t29-/m1/s1. The van der Waals surface area contributed by atoms with E-state index in [1.807, 2.05) is 34.0 Å². The van der Waals surface area contributed by atoms with Crippen LogP contribution >= 0.6 is 0 Å². The lowest BCUT2D eigenvalue weighted by atomic mass is 10.0. The Morgan fingerprint density at radius 3 is 2.72 bits per heavy atom. The van der Waals surface area contributed by atoms with Crippen molar-refractivity contribution in [2.24, 2.45) is 11.4 Å². The summed E-state index contributed by atoms with van der Waals surface area (Å²) < 4.78 is 33.8. The van der Waals surface area contributed by atoms with Gasteiger partial charge in [0.25, 0.3) is 5.56 Å². The van der Waals surface area contributed by atoms with Crippen molar-refractivity contribution in [1.29, 1.82) is 0 Å². The van der Waals surface area contributed by atoms with Gasteiger partial charge >= 0.3 is 0 Å². The number of hydrogen-bond acceptors (Lipinski definition) is 4. The van der Waals surface area contributed by atoms with E-state index >= 15 is 0 Å². The molecule has 29 heavy (non-hydrogen) atoms. The lowest BCUT2D eigenvalue weighted by molar-refractivity contribution is 0.623. The van der Waals surface area contributed by atoms with Crippen LogP contribution in [-0.4, -0.2) is 34.0 Å². The monoisotopic (exact) mass is 415 g/mol. The van der Waals surface area contributed by atoms with Crippen LogP contribution in [-0.2, 0) is 31.0 Å². The summed E-state index contributed by atoms with van der Waals surface area (Å²) in [4.78, 5) is 17.9. The molecule has 0 fully saturated rings. The highest BCUT2D eigenvalue weighted by molar-refractivity contribution is 7.85. The predicted molar refractivity (Wildman–Crippen MR) is 112 cm³/mol. The number of aryl methyl sites for hydroxylation is 2. The zero-order valence-corrected chi connectivity index (χ0v) is 17.8. The Hall–Kier alpha value is -2.68. The van der Waals surface area contributed by atoms with Crippen LogP contribution in [0, 0.1) is 5.82 Å². The van der Waals surface area contributed by atoms with Crippen molar-refractivity contribution in [3.8, 4) is 11.4 Å². The first-order valence-corrected chi connectivity index (χ1v) is 10.4. The number of halogens is 1. The Labute approximate surface area is 169 Å². The average Bonchev–Trinajstić information content (AvgIpc) is 3.01. The van der Waals surface area contributed by atoms with E-state index in [2.05, 4.69) is 9.50 Å². The number of benzene rings is 1. The molecule has 0 amide bonds. The normalized spacial score (nSPS) is 15.3. The van der Waals surface area contributed by atoms with E-state index in [1.165, 1.54) is 12.1 Å². The lowest BCUT2D eigenvalue weighted by Crippen LogP contribution is -2.28. The quantitative estimate of drug-likeness (QED) is 0.603. The highest BCUT2D eigenvalue weighted by Crippen LogP contribution is 2.28. The third-order valence-electron chi connectivity index (χ3n) is 4.88. The van der Waals surface area contributed by atoms with E-state index in [-0.39, 0.29) is 10.9 Å². The molecular weight excluding hydrogens is 393 g/mol. The molecule has 0 N–H and O–H groups in total. The first-order chi connectivity index (χ1) is 13.6. The molecule has 152 valence electrons. The van der Waals surface area contributed by atoms with E-state index in [0.717, 1.165) is 11.3 Å². The SMILES string of the molecule is C/C(=N\[S@](=O)C(C)(C)C)c1cc(F)cc2c(=O)n3c(nc12)-c1cn(C)nc1CC3. The summed E-state index contributed by atoms with van der Waals surface area (Å²) in [5, 5.41) is 4.62. The van der Waals surface area contributed by atoms with Crippen LogP contribution in [0.5, 0.6) is 0 Å². The molecule has 9 heteroatoms. The van der Waals surface area contributed by atoms with Gasteiger partial charge in [-0.2, -0.15) is 9.50 Å². The van der Waals surface area contributed by atoms with Crippen LogP contribution in [0.1, 0.15) is 39.0 Å². The third kappa shape index (κ3) is 3.33. The molecule has 0 bridgehead atoms. The van der Waals surface area contributed by atoms with E-state index in [1.54, 1.807) is 16.2 Å². The van der Waals surface area contributed by atoms with Gasteiger partial charge in [0.2, 0.25) is 0 Å². The van der Waals surface area contributed by atoms with Gasteiger partial charge in [-0.25, -0.2) is 13.6 Å². The maximum Gasteiger partial charge on any atom is 0.261 e. The largest absolute Gasteiger partial charge is 0.292 e. The fraction of sp³-hybridized carbons (Fsp3) is 0.400. The number of nitrogens with zero attached hydrogens (tertiary/aromatic N) is 5. The maximum absolute atomic E-state index is 14.4. The molecule has 0 spiro atoms. The van der Waals surface area contributed by atoms with Gasteiger partial charge in [0, 0.05) is 31.8 Å². The molecule has 0 radical (unpaired) electrons. The van der Waals surface area contributed by atoms with Crippen molar-refractivity contribution in [3.63, 3.8) is 0 Å². The Bertz CT molecular complexity index is 1270. The molecule has 0 aliphatic carbocycles. The highest BCUT2D eigenvalue weighted by atomic mass is 32.2. The van der Waals surface area contributed by atoms with Gasteiger partial charge in [-0.05, 0) is 39.8 Å². The molecule has 1 atom stereocenters. The topological polar surface area (TPSA) is 82.1 Å². The van der Waals surface area contributed by atoms with E-state index in [4.69, 9.17) is 4.98 Å². The molecule has 2 aromatic heterocycles. The predicted octanol–water partition coefficient (Wildman–Crippen LogP) is 2.76. The van der Waals surface area contributed by atoms with Crippen molar-refractivity contribution < 1.29 is 8.60 Å². The summed E-state index contributed by atoms with van der Waals surface area (Å²) in [6.45, 7) is 7.54. The van der Waals surface area contributed by atoms with Gasteiger partial charge in [0.05, 0.1) is 32.6 Å². The van der Waals surface area contributed by atoms with Crippen molar-refractivity contribution in [1.82, 2.24) is 19.3 Å². The van der Waals surface area contributed by atoms with Gasteiger partial charge in [-0.3, -0.25) is 14.0 Å². The number of rotatable bonds is 2. The molecule has 1 aliphatic rings. The summed E-state index contributed by atoms with van der Waals surface area (Å²) >= 11 is 0. The van der Waals surface area contributed by atoms with E-state index in [9.17, 15) is 13.4 Å². The molecule has 4 rings (SSSR count). The maximum atomic E-state index is 14.4. The second kappa shape index (κ2) is 6.69. The van der Waals surface area contributed by atoms with Crippen LogP contribution in [0.15, 0.2) is 27.5 Å². The first-order valence-electron chi connectivity index (χ1n) is 9.31. The Morgan fingerprint density at radius 2 is 2.03 bits per heavy atom. The van der Waals surface area contributed by atoms with Gasteiger partial charge < -0.3 is 0 Å². The Balaban J connectivity index is 2.01. The van der Waals surface area contributed by atoms with Gasteiger partial charge in [0.1, 0.15) is 22.6 Å². The minimum atomic E-state index is -1.52. The number of fused-ring (bicyclic) bond motifs is 4. The van der Waals surface area contributed by atoms with E-state index in [0.29, 0.717) is 35.6 Å². The van der Waals surface area contributed by atoms with Crippen LogP contribution in [0.4, 0.5) is 4.39 Å². The Kier molecular flexibility index (Phi) is 4.53. The smallest absolute Gasteiger partial charge is 0.261 e. The van der Waals surface area contributed by atoms with Crippen LogP contribution in [0.2, 0.25) is 0 Å². The molecule has 0 saturated carbocycles. The van der Waals surface area contributed by atoms with Crippen LogP contribution < -0.4 is 5.56 Å². The number of hydrogen-bond donors (Lipinski definition) is 0. The number of aromatic nitrogens is 4. The fourth-order valence-electron chi connectivity index (χ4n) is 3.41. The van der Waals surface area contributed by atoms with E-state index < -0.39 is 21.5 Å². The molecule has 3 aromatic rings. The lowest BCUT2D eigenvalue weighted by Gasteiger charge is -2.19. The van der Waals surface area contributed by atoms with Gasteiger partial charge in [-0.1, -0.05) is 0 Å². The summed E-state index contributed by atoms with van der Waals surface area (Å²) in [7, 11) is 0.304. The second-order valence-electron chi connectivity index (χ2n) is 8.19. The van der Waals surface area contributed by atoms with Crippen LogP contribution in [0.3, 0.4) is 0 Å². The first kappa shape index (κ1) is 19.6.